The van der Waals surface area contributed by atoms with E-state index in [1.807, 2.05) is 24.4 Å². The number of nitrogens with zero attached hydrogens (tertiary/aromatic N) is 1. The predicted molar refractivity (Wildman–Crippen MR) is 75.4 cm³/mol. The summed E-state index contributed by atoms with van der Waals surface area (Å²) in [6, 6.07) is 10.8. The van der Waals surface area contributed by atoms with E-state index in [9.17, 15) is 4.79 Å². The highest BCUT2D eigenvalue weighted by atomic mass is 79.9. The van der Waals surface area contributed by atoms with Crippen molar-refractivity contribution in [1.29, 1.82) is 0 Å². The van der Waals surface area contributed by atoms with Crippen LogP contribution in [0.2, 0.25) is 5.02 Å². The zero-order valence-corrected chi connectivity index (χ0v) is 12.9. The fraction of sp³-hybridized carbons (Fsp3) is 0. The molecule has 1 heterocycles. The van der Waals surface area contributed by atoms with Gasteiger partial charge >= 0.3 is 0 Å². The molecule has 0 saturated carbocycles. The van der Waals surface area contributed by atoms with Gasteiger partial charge in [0.2, 0.25) is 0 Å². The van der Waals surface area contributed by atoms with E-state index in [1.165, 1.54) is 6.08 Å². The molecule has 0 fully saturated rings. The molecule has 0 amide bonds. The van der Waals surface area contributed by atoms with Crippen molar-refractivity contribution < 1.29 is 21.8 Å². The van der Waals surface area contributed by atoms with Crippen LogP contribution in [0.4, 0.5) is 0 Å². The normalized spacial score (nSPS) is 10.2. The largest absolute Gasteiger partial charge is 1.00 e. The number of carbonyl (C=O) groups excluding carboxylic acids is 1. The van der Waals surface area contributed by atoms with Crippen LogP contribution in [-0.2, 0) is 0 Å². The first-order valence-corrected chi connectivity index (χ1v) is 6.47. The second kappa shape index (κ2) is 7.43. The standard InChI is InChI=1S/C14H10BrClNO.ClH/c15-12-5-3-11(4-6-12)14(18)7-9-17-8-1-2-13(16)10-17;/h1-10H;1H/q+1;/p-1/b9-7+;. The maximum absolute atomic E-state index is 11.9. The van der Waals surface area contributed by atoms with Crippen molar-refractivity contribution in [3.63, 3.8) is 0 Å². The minimum absolute atomic E-state index is 0. The summed E-state index contributed by atoms with van der Waals surface area (Å²) in [5.41, 5.74) is 0.650. The monoisotopic (exact) mass is 357 g/mol. The fourth-order valence-corrected chi connectivity index (χ4v) is 1.87. The number of aromatic nitrogens is 1. The van der Waals surface area contributed by atoms with E-state index >= 15 is 0 Å². The molecule has 19 heavy (non-hydrogen) atoms. The summed E-state index contributed by atoms with van der Waals surface area (Å²) in [7, 11) is 0. The summed E-state index contributed by atoms with van der Waals surface area (Å²) in [5.74, 6) is -0.0463. The van der Waals surface area contributed by atoms with Crippen molar-refractivity contribution in [3.05, 3.63) is 69.9 Å². The molecular formula is C14H10BrCl2NO. The first-order chi connectivity index (χ1) is 8.65. The average Bonchev–Trinajstić information content (AvgIpc) is 2.37. The Balaban J connectivity index is 0.00000180. The van der Waals surface area contributed by atoms with Gasteiger partial charge in [-0.2, -0.15) is 4.57 Å². The molecule has 2 nitrogen and oxygen atoms in total. The topological polar surface area (TPSA) is 20.9 Å². The summed E-state index contributed by atoms with van der Waals surface area (Å²) in [6.45, 7) is 0. The van der Waals surface area contributed by atoms with Crippen molar-refractivity contribution in [1.82, 2.24) is 0 Å². The minimum atomic E-state index is -0.0463. The molecule has 0 radical (unpaired) electrons. The number of hydrogen-bond donors (Lipinski definition) is 0. The summed E-state index contributed by atoms with van der Waals surface area (Å²) in [6.07, 6.45) is 6.74. The maximum atomic E-state index is 11.9. The van der Waals surface area contributed by atoms with Crippen LogP contribution in [0.15, 0.2) is 59.3 Å². The van der Waals surface area contributed by atoms with Gasteiger partial charge in [0, 0.05) is 16.1 Å². The van der Waals surface area contributed by atoms with Crippen molar-refractivity contribution in [2.75, 3.05) is 0 Å². The lowest BCUT2D eigenvalue weighted by atomic mass is 10.1. The first-order valence-electron chi connectivity index (χ1n) is 5.29. The zero-order chi connectivity index (χ0) is 13.0. The number of hydrogen-bond acceptors (Lipinski definition) is 1. The quantitative estimate of drug-likeness (QED) is 0.450. The molecule has 1 aromatic heterocycles. The van der Waals surface area contributed by atoms with Crippen LogP contribution >= 0.6 is 27.5 Å². The van der Waals surface area contributed by atoms with E-state index in [1.54, 1.807) is 35.2 Å². The molecule has 0 spiro atoms. The van der Waals surface area contributed by atoms with Crippen LogP contribution in [0.25, 0.3) is 6.20 Å². The number of benzene rings is 1. The molecule has 2 aromatic rings. The Morgan fingerprint density at radius 3 is 2.53 bits per heavy atom. The minimum Gasteiger partial charge on any atom is -1.00 e. The highest BCUT2D eigenvalue weighted by Crippen LogP contribution is 2.11. The third-order valence-electron chi connectivity index (χ3n) is 2.31. The molecule has 0 aliphatic rings. The molecule has 0 N–H and O–H groups in total. The van der Waals surface area contributed by atoms with E-state index < -0.39 is 0 Å². The van der Waals surface area contributed by atoms with Gasteiger partial charge in [-0.05, 0) is 30.3 Å². The first kappa shape index (κ1) is 15.9. The van der Waals surface area contributed by atoms with Gasteiger partial charge in [0.15, 0.2) is 24.4 Å². The van der Waals surface area contributed by atoms with Gasteiger partial charge in [0.1, 0.15) is 5.02 Å². The predicted octanol–water partition coefficient (Wildman–Crippen LogP) is 0.748. The molecule has 2 rings (SSSR count). The van der Waals surface area contributed by atoms with Crippen molar-refractivity contribution in [2.24, 2.45) is 0 Å². The van der Waals surface area contributed by atoms with Crippen molar-refractivity contribution in [3.8, 4) is 0 Å². The highest BCUT2D eigenvalue weighted by Gasteiger charge is 2.03. The lowest BCUT2D eigenvalue weighted by Gasteiger charge is -1.94. The van der Waals surface area contributed by atoms with Gasteiger partial charge in [-0.1, -0.05) is 27.5 Å². The Labute approximate surface area is 131 Å². The third kappa shape index (κ3) is 4.78. The summed E-state index contributed by atoms with van der Waals surface area (Å²) >= 11 is 9.18. The maximum Gasteiger partial charge on any atom is 0.193 e. The number of pyridine rings is 1. The Bertz CT molecular complexity index is 597. The van der Waals surface area contributed by atoms with Crippen LogP contribution in [0.1, 0.15) is 10.4 Å². The molecular weight excluding hydrogens is 349 g/mol. The molecule has 0 atom stereocenters. The SMILES string of the molecule is O=C(/C=C/[n+]1cccc(Cl)c1)c1ccc(Br)cc1.[Cl-]. The van der Waals surface area contributed by atoms with Crippen molar-refractivity contribution >= 4 is 39.5 Å². The van der Waals surface area contributed by atoms with E-state index in [0.29, 0.717) is 10.6 Å². The van der Waals surface area contributed by atoms with Crippen LogP contribution in [0.3, 0.4) is 0 Å². The molecule has 5 heteroatoms. The highest BCUT2D eigenvalue weighted by molar-refractivity contribution is 9.10. The Morgan fingerprint density at radius 1 is 1.21 bits per heavy atom. The number of rotatable bonds is 3. The van der Waals surface area contributed by atoms with Gasteiger partial charge in [-0.25, -0.2) is 0 Å². The number of ketones is 1. The van der Waals surface area contributed by atoms with Gasteiger partial charge in [0.25, 0.3) is 0 Å². The second-order valence-electron chi connectivity index (χ2n) is 3.66. The van der Waals surface area contributed by atoms with Crippen LogP contribution in [0.5, 0.6) is 0 Å². The number of halogens is 3. The molecule has 98 valence electrons. The van der Waals surface area contributed by atoms with Gasteiger partial charge < -0.3 is 12.4 Å². The summed E-state index contributed by atoms with van der Waals surface area (Å²) in [5, 5.41) is 0.623. The van der Waals surface area contributed by atoms with Crippen LogP contribution in [0, 0.1) is 0 Å². The lowest BCUT2D eigenvalue weighted by Crippen LogP contribution is -3.00. The Kier molecular flexibility index (Phi) is 6.22. The van der Waals surface area contributed by atoms with E-state index in [-0.39, 0.29) is 18.2 Å². The number of carbonyl (C=O) groups is 1. The molecule has 1 aromatic carbocycles. The zero-order valence-electron chi connectivity index (χ0n) is 9.76. The summed E-state index contributed by atoms with van der Waals surface area (Å²) < 4.78 is 2.69. The van der Waals surface area contributed by atoms with Gasteiger partial charge in [-0.3, -0.25) is 4.79 Å². The second-order valence-corrected chi connectivity index (χ2v) is 5.01. The van der Waals surface area contributed by atoms with Gasteiger partial charge in [-0.15, -0.1) is 0 Å². The van der Waals surface area contributed by atoms with E-state index in [2.05, 4.69) is 15.9 Å². The lowest BCUT2D eigenvalue weighted by molar-refractivity contribution is -0.568. The number of allylic oxidation sites excluding steroid dienone is 1. The van der Waals surface area contributed by atoms with Gasteiger partial charge in [0.05, 0.1) is 6.08 Å². The van der Waals surface area contributed by atoms with E-state index in [4.69, 9.17) is 11.6 Å². The van der Waals surface area contributed by atoms with Crippen LogP contribution in [-0.4, -0.2) is 5.78 Å². The Morgan fingerprint density at radius 2 is 1.89 bits per heavy atom. The smallest absolute Gasteiger partial charge is 0.193 e. The molecule has 0 aliphatic heterocycles. The van der Waals surface area contributed by atoms with Crippen molar-refractivity contribution in [2.45, 2.75) is 0 Å². The Hall–Kier alpha value is -1.16. The fourth-order valence-electron chi connectivity index (χ4n) is 1.42. The summed E-state index contributed by atoms with van der Waals surface area (Å²) in [4.78, 5) is 11.9. The molecule has 0 aliphatic carbocycles. The van der Waals surface area contributed by atoms with Crippen LogP contribution < -0.4 is 17.0 Å². The third-order valence-corrected chi connectivity index (χ3v) is 3.07. The molecule has 0 unspecified atom stereocenters. The average molecular weight is 359 g/mol. The molecule has 0 bridgehead atoms. The van der Waals surface area contributed by atoms with E-state index in [0.717, 1.165) is 4.47 Å². The molecule has 0 saturated heterocycles.